The van der Waals surface area contributed by atoms with Gasteiger partial charge < -0.3 is 20.9 Å². The van der Waals surface area contributed by atoms with Gasteiger partial charge in [-0.1, -0.05) is 6.08 Å². The summed E-state index contributed by atoms with van der Waals surface area (Å²) < 4.78 is 0. The van der Waals surface area contributed by atoms with Crippen molar-refractivity contribution in [1.82, 2.24) is 15.1 Å². The molecule has 0 spiro atoms. The number of carbonyl (C=O) groups is 2. The van der Waals surface area contributed by atoms with Gasteiger partial charge in [0.1, 0.15) is 0 Å². The van der Waals surface area contributed by atoms with E-state index < -0.39 is 6.04 Å². The molecule has 106 valence electrons. The Morgan fingerprint density at radius 2 is 2.16 bits per heavy atom. The van der Waals surface area contributed by atoms with Crippen LogP contribution in [0.5, 0.6) is 0 Å². The molecule has 1 unspecified atom stereocenters. The fourth-order valence-corrected chi connectivity index (χ4v) is 2.75. The lowest BCUT2D eigenvalue weighted by molar-refractivity contribution is -0.133. The predicted molar refractivity (Wildman–Crippen MR) is 72.5 cm³/mol. The van der Waals surface area contributed by atoms with Gasteiger partial charge in [0.25, 0.3) is 0 Å². The van der Waals surface area contributed by atoms with Crippen LogP contribution in [0.25, 0.3) is 0 Å². The van der Waals surface area contributed by atoms with Crippen LogP contribution in [-0.4, -0.2) is 60.0 Å². The van der Waals surface area contributed by atoms with Crippen molar-refractivity contribution in [3.8, 4) is 0 Å². The summed E-state index contributed by atoms with van der Waals surface area (Å²) in [6, 6.07) is -0.209. The minimum Gasteiger partial charge on any atom is -0.341 e. The van der Waals surface area contributed by atoms with E-state index in [2.05, 4.69) is 11.9 Å². The molecule has 6 heteroatoms. The summed E-state index contributed by atoms with van der Waals surface area (Å²) in [6.45, 7) is 6.45. The third-order valence-corrected chi connectivity index (χ3v) is 3.84. The van der Waals surface area contributed by atoms with E-state index in [-0.39, 0.29) is 18.0 Å². The van der Waals surface area contributed by atoms with Gasteiger partial charge in [-0.05, 0) is 19.3 Å². The molecule has 2 fully saturated rings. The molecular weight excluding hydrogens is 244 g/mol. The Bertz CT molecular complexity index is 364. The molecule has 1 atom stereocenters. The normalized spacial score (nSPS) is 22.3. The van der Waals surface area contributed by atoms with Gasteiger partial charge in [0, 0.05) is 32.2 Å². The van der Waals surface area contributed by atoms with Gasteiger partial charge in [-0.2, -0.15) is 0 Å². The van der Waals surface area contributed by atoms with Crippen molar-refractivity contribution in [2.75, 3.05) is 26.2 Å². The number of nitrogens with zero attached hydrogens (tertiary/aromatic N) is 2. The molecule has 19 heavy (non-hydrogen) atoms. The van der Waals surface area contributed by atoms with Crippen LogP contribution in [0.15, 0.2) is 12.7 Å². The van der Waals surface area contributed by atoms with E-state index in [4.69, 9.17) is 5.73 Å². The first-order valence-electron chi connectivity index (χ1n) is 6.83. The molecule has 0 aromatic rings. The van der Waals surface area contributed by atoms with Crippen molar-refractivity contribution in [2.45, 2.75) is 31.3 Å². The first-order valence-corrected chi connectivity index (χ1v) is 6.83. The third kappa shape index (κ3) is 3.07. The topological polar surface area (TPSA) is 78.7 Å². The Morgan fingerprint density at radius 3 is 2.68 bits per heavy atom. The Morgan fingerprint density at radius 1 is 1.47 bits per heavy atom. The molecule has 2 rings (SSSR count). The molecule has 0 aromatic carbocycles. The van der Waals surface area contributed by atoms with Crippen LogP contribution in [-0.2, 0) is 4.79 Å². The first kappa shape index (κ1) is 13.9. The molecule has 2 saturated heterocycles. The number of hydrogen-bond donors (Lipinski definition) is 2. The molecule has 0 bridgehead atoms. The maximum atomic E-state index is 12.0. The second kappa shape index (κ2) is 6.06. The lowest BCUT2D eigenvalue weighted by Crippen LogP contribution is -2.51. The third-order valence-electron chi connectivity index (χ3n) is 3.84. The second-order valence-corrected chi connectivity index (χ2v) is 5.11. The Balaban J connectivity index is 1.83. The number of hydrogen-bond acceptors (Lipinski definition) is 3. The minimum atomic E-state index is -0.482. The lowest BCUT2D eigenvalue weighted by Gasteiger charge is -2.37. The van der Waals surface area contributed by atoms with Crippen LogP contribution in [0.2, 0.25) is 0 Å². The maximum absolute atomic E-state index is 12.0. The monoisotopic (exact) mass is 266 g/mol. The van der Waals surface area contributed by atoms with E-state index in [0.29, 0.717) is 19.5 Å². The van der Waals surface area contributed by atoms with Crippen LogP contribution in [0.3, 0.4) is 0 Å². The van der Waals surface area contributed by atoms with Crippen molar-refractivity contribution < 1.29 is 9.59 Å². The summed E-state index contributed by atoms with van der Waals surface area (Å²) in [5.74, 6) is -0.00998. The number of nitrogens with one attached hydrogen (secondary N) is 1. The SMILES string of the molecule is C=CCC(N)C(=O)N1CCC(N2CCNC2=O)CC1. The summed E-state index contributed by atoms with van der Waals surface area (Å²) in [5, 5.41) is 2.81. The highest BCUT2D eigenvalue weighted by Gasteiger charge is 2.32. The van der Waals surface area contributed by atoms with Gasteiger partial charge in [0.15, 0.2) is 0 Å². The van der Waals surface area contributed by atoms with Gasteiger partial charge >= 0.3 is 6.03 Å². The number of amides is 3. The van der Waals surface area contributed by atoms with Crippen LogP contribution >= 0.6 is 0 Å². The smallest absolute Gasteiger partial charge is 0.317 e. The van der Waals surface area contributed by atoms with Crippen molar-refractivity contribution in [1.29, 1.82) is 0 Å². The zero-order valence-electron chi connectivity index (χ0n) is 11.2. The quantitative estimate of drug-likeness (QED) is 0.698. The Hall–Kier alpha value is -1.56. The molecule has 3 N–H and O–H groups in total. The zero-order chi connectivity index (χ0) is 13.8. The van der Waals surface area contributed by atoms with E-state index in [1.807, 2.05) is 4.90 Å². The molecule has 2 heterocycles. The highest BCUT2D eigenvalue weighted by molar-refractivity contribution is 5.82. The highest BCUT2D eigenvalue weighted by atomic mass is 16.2. The average molecular weight is 266 g/mol. The van der Waals surface area contributed by atoms with Gasteiger partial charge in [-0.3, -0.25) is 4.79 Å². The van der Waals surface area contributed by atoms with Gasteiger partial charge in [-0.25, -0.2) is 4.79 Å². The molecule has 0 aromatic heterocycles. The minimum absolute atomic E-state index is 0.00998. The molecule has 6 nitrogen and oxygen atoms in total. The van der Waals surface area contributed by atoms with Crippen LogP contribution in [0, 0.1) is 0 Å². The highest BCUT2D eigenvalue weighted by Crippen LogP contribution is 2.18. The Labute approximate surface area is 113 Å². The van der Waals surface area contributed by atoms with Crippen LogP contribution < -0.4 is 11.1 Å². The number of carbonyl (C=O) groups excluding carboxylic acids is 2. The molecule has 3 amide bonds. The Kier molecular flexibility index (Phi) is 4.42. The van der Waals surface area contributed by atoms with Gasteiger partial charge in [-0.15, -0.1) is 6.58 Å². The average Bonchev–Trinajstić information content (AvgIpc) is 2.84. The van der Waals surface area contributed by atoms with E-state index in [1.54, 1.807) is 11.0 Å². The van der Waals surface area contributed by atoms with Crippen molar-refractivity contribution in [3.63, 3.8) is 0 Å². The first-order chi connectivity index (χ1) is 9.13. The van der Waals surface area contributed by atoms with Crippen molar-refractivity contribution in [3.05, 3.63) is 12.7 Å². The van der Waals surface area contributed by atoms with E-state index >= 15 is 0 Å². The van der Waals surface area contributed by atoms with Gasteiger partial charge in [0.05, 0.1) is 6.04 Å². The van der Waals surface area contributed by atoms with E-state index in [9.17, 15) is 9.59 Å². The molecule has 0 aliphatic carbocycles. The number of urea groups is 1. The number of piperidine rings is 1. The zero-order valence-corrected chi connectivity index (χ0v) is 11.2. The summed E-state index contributed by atoms with van der Waals surface area (Å²) in [7, 11) is 0. The number of likely N-dealkylation sites (tertiary alicyclic amines) is 1. The predicted octanol–water partition coefficient (Wildman–Crippen LogP) is -0.0940. The van der Waals surface area contributed by atoms with Crippen LogP contribution in [0.1, 0.15) is 19.3 Å². The largest absolute Gasteiger partial charge is 0.341 e. The molecular formula is C13H22N4O2. The maximum Gasteiger partial charge on any atom is 0.317 e. The summed E-state index contributed by atoms with van der Waals surface area (Å²) >= 11 is 0. The van der Waals surface area contributed by atoms with Crippen molar-refractivity contribution >= 4 is 11.9 Å². The van der Waals surface area contributed by atoms with Crippen molar-refractivity contribution in [2.24, 2.45) is 5.73 Å². The van der Waals surface area contributed by atoms with E-state index in [1.165, 1.54) is 0 Å². The molecule has 2 aliphatic heterocycles. The summed E-state index contributed by atoms with van der Waals surface area (Å²) in [4.78, 5) is 27.3. The fourth-order valence-electron chi connectivity index (χ4n) is 2.75. The fraction of sp³-hybridized carbons (Fsp3) is 0.692. The summed E-state index contributed by atoms with van der Waals surface area (Å²) in [6.07, 6.45) is 3.84. The molecule has 2 aliphatic rings. The van der Waals surface area contributed by atoms with Crippen LogP contribution in [0.4, 0.5) is 4.79 Å². The number of nitrogens with two attached hydrogens (primary N) is 1. The standard InChI is InChI=1S/C13H22N4O2/c1-2-3-11(14)12(18)16-7-4-10(5-8-16)17-9-6-15-13(17)19/h2,10-11H,1,3-9,14H2,(H,15,19). The van der Waals surface area contributed by atoms with Gasteiger partial charge in [0.2, 0.25) is 5.91 Å². The lowest BCUT2D eigenvalue weighted by atomic mass is 10.0. The summed E-state index contributed by atoms with van der Waals surface area (Å²) in [5.41, 5.74) is 5.80. The second-order valence-electron chi connectivity index (χ2n) is 5.11. The molecule has 0 saturated carbocycles. The molecule has 0 radical (unpaired) electrons. The van der Waals surface area contributed by atoms with E-state index in [0.717, 1.165) is 25.9 Å². The number of rotatable bonds is 4.